The van der Waals surface area contributed by atoms with Crippen molar-refractivity contribution < 1.29 is 9.53 Å². The lowest BCUT2D eigenvalue weighted by molar-refractivity contribution is -0.123. The molecule has 1 N–H and O–H groups in total. The zero-order valence-corrected chi connectivity index (χ0v) is 21.4. The summed E-state index contributed by atoms with van der Waals surface area (Å²) in [6, 6.07) is 10.7. The topological polar surface area (TPSA) is 44.8 Å². The van der Waals surface area contributed by atoms with Crippen LogP contribution in [-0.2, 0) is 11.2 Å². The SMILES string of the molecule is COc1cccc(N2CCN(CC(=O)NC3c4c(c(C)cc(C)c4C4CC4)CC3(C)C)CC2)c1. The standard InChI is InChI=1S/C29H39N3O2/c1-19-15-20(2)26(21-9-10-21)27-24(19)17-29(3,4)28(27)30-25(33)18-31-11-13-32(14-12-31)22-7-6-8-23(16-22)34-5/h6-8,15-16,21,28H,9-14,17-18H2,1-5H3,(H,30,33). The first-order chi connectivity index (χ1) is 16.3. The second kappa shape index (κ2) is 8.92. The van der Waals surface area contributed by atoms with E-state index in [0.717, 1.165) is 38.3 Å². The summed E-state index contributed by atoms with van der Waals surface area (Å²) >= 11 is 0. The smallest absolute Gasteiger partial charge is 0.234 e. The lowest BCUT2D eigenvalue weighted by Crippen LogP contribution is -2.50. The van der Waals surface area contributed by atoms with Crippen LogP contribution in [-0.4, -0.2) is 50.6 Å². The molecular formula is C29H39N3O2. The minimum Gasteiger partial charge on any atom is -0.497 e. The number of nitrogens with zero attached hydrogens (tertiary/aromatic N) is 2. The van der Waals surface area contributed by atoms with Gasteiger partial charge in [-0.05, 0) is 84.4 Å². The maximum Gasteiger partial charge on any atom is 0.234 e. The highest BCUT2D eigenvalue weighted by atomic mass is 16.5. The molecule has 3 aliphatic rings. The number of methoxy groups -OCH3 is 1. The molecular weight excluding hydrogens is 422 g/mol. The molecule has 1 amide bonds. The van der Waals surface area contributed by atoms with Gasteiger partial charge >= 0.3 is 0 Å². The van der Waals surface area contributed by atoms with Crippen molar-refractivity contribution >= 4 is 11.6 Å². The van der Waals surface area contributed by atoms with Crippen LogP contribution in [0, 0.1) is 19.3 Å². The van der Waals surface area contributed by atoms with Gasteiger partial charge in [0.25, 0.3) is 0 Å². The fraction of sp³-hybridized carbons (Fsp3) is 0.552. The molecule has 0 bridgehead atoms. The highest BCUT2D eigenvalue weighted by Crippen LogP contribution is 2.53. The fourth-order valence-corrected chi connectivity index (χ4v) is 6.15. The molecule has 0 aromatic heterocycles. The molecule has 2 aromatic rings. The molecule has 0 radical (unpaired) electrons. The van der Waals surface area contributed by atoms with E-state index in [4.69, 9.17) is 4.74 Å². The number of ether oxygens (including phenoxy) is 1. The maximum absolute atomic E-state index is 13.3. The van der Waals surface area contributed by atoms with E-state index in [0.29, 0.717) is 12.5 Å². The molecule has 182 valence electrons. The second-order valence-electron chi connectivity index (χ2n) is 11.2. The lowest BCUT2D eigenvalue weighted by atomic mass is 9.83. The number of rotatable bonds is 6. The summed E-state index contributed by atoms with van der Waals surface area (Å²) in [7, 11) is 1.70. The van der Waals surface area contributed by atoms with Crippen LogP contribution in [0.2, 0.25) is 0 Å². The van der Waals surface area contributed by atoms with Crippen molar-refractivity contribution in [1.82, 2.24) is 10.2 Å². The van der Waals surface area contributed by atoms with Crippen LogP contribution in [0.1, 0.15) is 66.5 Å². The second-order valence-corrected chi connectivity index (χ2v) is 11.2. The molecule has 2 fully saturated rings. The van der Waals surface area contributed by atoms with E-state index in [1.54, 1.807) is 7.11 Å². The summed E-state index contributed by atoms with van der Waals surface area (Å²) in [5.41, 5.74) is 8.47. The Morgan fingerprint density at radius 1 is 1.06 bits per heavy atom. The van der Waals surface area contributed by atoms with Crippen molar-refractivity contribution in [3.63, 3.8) is 0 Å². The summed E-state index contributed by atoms with van der Waals surface area (Å²) in [6.45, 7) is 13.2. The molecule has 5 heteroatoms. The largest absolute Gasteiger partial charge is 0.497 e. The normalized spacial score (nSPS) is 21.9. The van der Waals surface area contributed by atoms with E-state index in [1.807, 2.05) is 12.1 Å². The predicted molar refractivity (Wildman–Crippen MR) is 138 cm³/mol. The number of nitrogens with one attached hydrogen (secondary N) is 1. The monoisotopic (exact) mass is 461 g/mol. The molecule has 1 unspecified atom stereocenters. The Balaban J connectivity index is 1.25. The zero-order valence-electron chi connectivity index (χ0n) is 21.4. The van der Waals surface area contributed by atoms with Gasteiger partial charge in [0.15, 0.2) is 0 Å². The Hall–Kier alpha value is -2.53. The molecule has 5 nitrogen and oxygen atoms in total. The van der Waals surface area contributed by atoms with Crippen molar-refractivity contribution in [2.24, 2.45) is 5.41 Å². The van der Waals surface area contributed by atoms with Crippen molar-refractivity contribution in [2.75, 3.05) is 44.7 Å². The average Bonchev–Trinajstić information content (AvgIpc) is 3.60. The summed E-state index contributed by atoms with van der Waals surface area (Å²) in [6.07, 6.45) is 3.61. The quantitative estimate of drug-likeness (QED) is 0.674. The van der Waals surface area contributed by atoms with E-state index in [9.17, 15) is 4.79 Å². The van der Waals surface area contributed by atoms with E-state index in [2.05, 4.69) is 61.0 Å². The van der Waals surface area contributed by atoms with Crippen molar-refractivity contribution in [3.8, 4) is 5.75 Å². The maximum atomic E-state index is 13.3. The molecule has 1 atom stereocenters. The van der Waals surface area contributed by atoms with Crippen LogP contribution in [0.3, 0.4) is 0 Å². The number of carbonyl (C=O) groups excluding carboxylic acids is 1. The number of piperazine rings is 1. The van der Waals surface area contributed by atoms with Crippen molar-refractivity contribution in [3.05, 3.63) is 58.1 Å². The van der Waals surface area contributed by atoms with Crippen LogP contribution >= 0.6 is 0 Å². The van der Waals surface area contributed by atoms with Crippen molar-refractivity contribution in [1.29, 1.82) is 0 Å². The van der Waals surface area contributed by atoms with Gasteiger partial charge < -0.3 is 15.0 Å². The minimum absolute atomic E-state index is 0.0330. The summed E-state index contributed by atoms with van der Waals surface area (Å²) in [4.78, 5) is 17.9. The predicted octanol–water partition coefficient (Wildman–Crippen LogP) is 4.75. The molecule has 0 spiro atoms. The Kier molecular flexibility index (Phi) is 6.09. The number of hydrogen-bond acceptors (Lipinski definition) is 4. The summed E-state index contributed by atoms with van der Waals surface area (Å²) in [5.74, 6) is 1.73. The number of hydrogen-bond donors (Lipinski definition) is 1. The van der Waals surface area contributed by atoms with Crippen LogP contribution in [0.15, 0.2) is 30.3 Å². The first-order valence-electron chi connectivity index (χ1n) is 12.8. The van der Waals surface area contributed by atoms with E-state index >= 15 is 0 Å². The third-order valence-corrected chi connectivity index (χ3v) is 8.10. The Labute approximate surface area is 204 Å². The summed E-state index contributed by atoms with van der Waals surface area (Å²) < 4.78 is 5.38. The van der Waals surface area contributed by atoms with Gasteiger partial charge in [-0.25, -0.2) is 0 Å². The zero-order chi connectivity index (χ0) is 24.0. The molecule has 5 rings (SSSR count). The fourth-order valence-electron chi connectivity index (χ4n) is 6.15. The Morgan fingerprint density at radius 3 is 2.47 bits per heavy atom. The highest BCUT2D eigenvalue weighted by molar-refractivity contribution is 5.79. The first kappa shape index (κ1) is 23.2. The van der Waals surface area contributed by atoms with Gasteiger partial charge in [0.2, 0.25) is 5.91 Å². The highest BCUT2D eigenvalue weighted by Gasteiger charge is 2.44. The van der Waals surface area contributed by atoms with E-state index < -0.39 is 0 Å². The minimum atomic E-state index is 0.0330. The van der Waals surface area contributed by atoms with Gasteiger partial charge in [-0.2, -0.15) is 0 Å². The summed E-state index contributed by atoms with van der Waals surface area (Å²) in [5, 5.41) is 3.50. The Morgan fingerprint density at radius 2 is 1.79 bits per heavy atom. The number of fused-ring (bicyclic) bond motifs is 1. The number of benzene rings is 2. The van der Waals surface area contributed by atoms with Crippen LogP contribution < -0.4 is 15.0 Å². The van der Waals surface area contributed by atoms with Gasteiger partial charge in [-0.15, -0.1) is 0 Å². The molecule has 1 aliphatic heterocycles. The average molecular weight is 462 g/mol. The van der Waals surface area contributed by atoms with Gasteiger partial charge in [0, 0.05) is 37.9 Å². The molecule has 1 heterocycles. The lowest BCUT2D eigenvalue weighted by Gasteiger charge is -2.36. The molecule has 2 aliphatic carbocycles. The third kappa shape index (κ3) is 4.43. The Bertz CT molecular complexity index is 1080. The van der Waals surface area contributed by atoms with Gasteiger partial charge in [-0.3, -0.25) is 9.69 Å². The molecule has 34 heavy (non-hydrogen) atoms. The van der Waals surface area contributed by atoms with E-state index in [-0.39, 0.29) is 17.4 Å². The molecule has 1 saturated carbocycles. The van der Waals surface area contributed by atoms with Gasteiger partial charge in [0.1, 0.15) is 5.75 Å². The third-order valence-electron chi connectivity index (χ3n) is 8.10. The molecule has 1 saturated heterocycles. The van der Waals surface area contributed by atoms with Crippen LogP contribution in [0.25, 0.3) is 0 Å². The number of carbonyl (C=O) groups is 1. The van der Waals surface area contributed by atoms with Gasteiger partial charge in [0.05, 0.1) is 19.7 Å². The van der Waals surface area contributed by atoms with Crippen LogP contribution in [0.4, 0.5) is 5.69 Å². The number of anilines is 1. The van der Waals surface area contributed by atoms with E-state index in [1.165, 1.54) is 46.3 Å². The number of amides is 1. The number of aryl methyl sites for hydroxylation is 2. The van der Waals surface area contributed by atoms with Gasteiger partial charge in [-0.1, -0.05) is 26.0 Å². The van der Waals surface area contributed by atoms with Crippen molar-refractivity contribution in [2.45, 2.75) is 58.9 Å². The molecule has 2 aromatic carbocycles. The van der Waals surface area contributed by atoms with Crippen LogP contribution in [0.5, 0.6) is 5.75 Å². The first-order valence-corrected chi connectivity index (χ1v) is 12.8.